The maximum Gasteiger partial charge on any atom is 0.179 e. The molecule has 0 radical (unpaired) electrons. The Hall–Kier alpha value is -3.90. The minimum Gasteiger partial charge on any atom is -0.346 e. The van der Waals surface area contributed by atoms with Gasteiger partial charge in [-0.2, -0.15) is 5.26 Å². The van der Waals surface area contributed by atoms with E-state index in [0.717, 1.165) is 27.5 Å². The maximum atomic E-state index is 12.4. The number of aromatic amines is 1. The first-order chi connectivity index (χ1) is 13.6. The molecule has 0 bridgehead atoms. The lowest BCUT2D eigenvalue weighted by Gasteiger charge is -2.10. The maximum absolute atomic E-state index is 12.4. The first-order valence-corrected chi connectivity index (χ1v) is 8.94. The fourth-order valence-electron chi connectivity index (χ4n) is 3.31. The molecule has 28 heavy (non-hydrogen) atoms. The van der Waals surface area contributed by atoms with Crippen LogP contribution in [0.2, 0.25) is 0 Å². The van der Waals surface area contributed by atoms with Gasteiger partial charge in [0.2, 0.25) is 0 Å². The Balaban J connectivity index is 1.91. The summed E-state index contributed by atoms with van der Waals surface area (Å²) < 4.78 is 2.04. The number of hydrogen-bond donors (Lipinski definition) is 1. The molecule has 4 rings (SSSR count). The van der Waals surface area contributed by atoms with Crippen LogP contribution in [0.3, 0.4) is 0 Å². The summed E-state index contributed by atoms with van der Waals surface area (Å²) in [6.45, 7) is 4.10. The second kappa shape index (κ2) is 7.02. The lowest BCUT2D eigenvalue weighted by molar-refractivity contribution is 0.0999. The van der Waals surface area contributed by atoms with Gasteiger partial charge in [-0.25, -0.2) is 9.97 Å². The highest BCUT2D eigenvalue weighted by Crippen LogP contribution is 2.28. The third-order valence-electron chi connectivity index (χ3n) is 4.62. The van der Waals surface area contributed by atoms with Gasteiger partial charge in [-0.3, -0.25) is 4.79 Å². The van der Waals surface area contributed by atoms with Crippen molar-refractivity contribution in [2.24, 2.45) is 0 Å². The molecular weight excluding hydrogens is 350 g/mol. The summed E-state index contributed by atoms with van der Waals surface area (Å²) in [4.78, 5) is 23.9. The van der Waals surface area contributed by atoms with Crippen LogP contribution in [0.25, 0.3) is 21.9 Å². The van der Waals surface area contributed by atoms with E-state index in [9.17, 15) is 4.79 Å². The molecule has 0 unspecified atom stereocenters. The average molecular weight is 367 g/mol. The van der Waals surface area contributed by atoms with Crippen molar-refractivity contribution in [3.05, 3.63) is 59.8 Å². The summed E-state index contributed by atoms with van der Waals surface area (Å²) in [5.41, 5.74) is 3.65. The normalized spacial score (nSPS) is 10.8. The molecule has 0 spiro atoms. The van der Waals surface area contributed by atoms with Crippen molar-refractivity contribution >= 4 is 27.7 Å². The van der Waals surface area contributed by atoms with Gasteiger partial charge in [0.25, 0.3) is 0 Å². The highest BCUT2D eigenvalue weighted by atomic mass is 16.1. The molecule has 1 N–H and O–H groups in total. The fraction of sp³-hybridized carbons (Fsp3) is 0.182. The number of aromatic nitrogens is 4. The third-order valence-corrected chi connectivity index (χ3v) is 4.62. The number of nitriles is 1. The van der Waals surface area contributed by atoms with E-state index in [1.165, 1.54) is 6.33 Å². The number of carbonyl (C=O) groups is 1. The zero-order chi connectivity index (χ0) is 19.7. The Morgan fingerprint density at radius 1 is 1.21 bits per heavy atom. The van der Waals surface area contributed by atoms with Crippen molar-refractivity contribution in [2.45, 2.75) is 26.3 Å². The Morgan fingerprint density at radius 3 is 2.86 bits per heavy atom. The number of carbonyl (C=O) groups excluding carboxylic acids is 1. The Kier molecular flexibility index (Phi) is 4.39. The number of hydrogen-bond acceptors (Lipinski definition) is 4. The third kappa shape index (κ3) is 2.91. The van der Waals surface area contributed by atoms with Gasteiger partial charge in [0.15, 0.2) is 5.78 Å². The second-order valence-corrected chi connectivity index (χ2v) is 6.72. The standard InChI is InChI=1S/C22H17N5O/c1-14(2)27-12-18(20(28)8-10-23)16-5-3-4-15(21(16)27)6-7-19-17-9-11-24-22(17)26-13-25-19/h3-5,9,11-14H,8H2,1-2H3,(H,24,25,26). The summed E-state index contributed by atoms with van der Waals surface area (Å²) in [6, 6.07) is 9.70. The summed E-state index contributed by atoms with van der Waals surface area (Å²) in [7, 11) is 0. The zero-order valence-electron chi connectivity index (χ0n) is 15.5. The smallest absolute Gasteiger partial charge is 0.179 e. The SMILES string of the molecule is CC(C)n1cc(C(=O)CC#N)c2cccc(C#Cc3ncnc4[nH]ccc34)c21. The van der Waals surface area contributed by atoms with Crippen LogP contribution in [-0.2, 0) is 0 Å². The minimum atomic E-state index is -0.179. The van der Waals surface area contributed by atoms with Gasteiger partial charge in [0.1, 0.15) is 17.7 Å². The van der Waals surface area contributed by atoms with Crippen molar-refractivity contribution < 1.29 is 4.79 Å². The number of fused-ring (bicyclic) bond motifs is 2. The fourth-order valence-corrected chi connectivity index (χ4v) is 3.31. The molecule has 4 aromatic rings. The Morgan fingerprint density at radius 2 is 2.07 bits per heavy atom. The number of Topliss-reactive ketones (excluding diaryl/α,β-unsaturated/α-hetero) is 1. The van der Waals surface area contributed by atoms with Crippen molar-refractivity contribution in [3.63, 3.8) is 0 Å². The molecular formula is C22H17N5O. The first kappa shape index (κ1) is 17.5. The average Bonchev–Trinajstić information content (AvgIpc) is 3.31. The summed E-state index contributed by atoms with van der Waals surface area (Å²) in [5, 5.41) is 10.6. The number of para-hydroxylation sites is 1. The topological polar surface area (TPSA) is 87.4 Å². The Labute approximate surface area is 161 Å². The van der Waals surface area contributed by atoms with Gasteiger partial charge in [-0.05, 0) is 31.9 Å². The largest absolute Gasteiger partial charge is 0.346 e. The van der Waals surface area contributed by atoms with Gasteiger partial charge in [0.05, 0.1) is 23.4 Å². The highest BCUT2D eigenvalue weighted by molar-refractivity contribution is 6.09. The lowest BCUT2D eigenvalue weighted by Crippen LogP contribution is -2.00. The van der Waals surface area contributed by atoms with Crippen molar-refractivity contribution in [1.29, 1.82) is 5.26 Å². The van der Waals surface area contributed by atoms with Crippen molar-refractivity contribution in [3.8, 4) is 17.9 Å². The molecule has 6 nitrogen and oxygen atoms in total. The lowest BCUT2D eigenvalue weighted by atomic mass is 10.0. The molecule has 3 heterocycles. The number of benzene rings is 1. The van der Waals surface area contributed by atoms with E-state index in [0.29, 0.717) is 11.3 Å². The molecule has 6 heteroatoms. The van der Waals surface area contributed by atoms with E-state index >= 15 is 0 Å². The van der Waals surface area contributed by atoms with Crippen molar-refractivity contribution in [2.75, 3.05) is 0 Å². The van der Waals surface area contributed by atoms with E-state index in [-0.39, 0.29) is 18.2 Å². The number of nitrogens with zero attached hydrogens (tertiary/aromatic N) is 4. The minimum absolute atomic E-state index is 0.139. The van der Waals surface area contributed by atoms with Crippen LogP contribution in [-0.4, -0.2) is 25.3 Å². The molecule has 0 atom stereocenters. The quantitative estimate of drug-likeness (QED) is 0.438. The number of rotatable bonds is 3. The molecule has 0 amide bonds. The van der Waals surface area contributed by atoms with E-state index in [4.69, 9.17) is 5.26 Å². The van der Waals surface area contributed by atoms with Crippen LogP contribution in [0.5, 0.6) is 0 Å². The first-order valence-electron chi connectivity index (χ1n) is 8.94. The van der Waals surface area contributed by atoms with E-state index < -0.39 is 0 Å². The van der Waals surface area contributed by atoms with Gasteiger partial charge >= 0.3 is 0 Å². The van der Waals surface area contributed by atoms with Crippen LogP contribution in [0, 0.1) is 23.2 Å². The molecule has 0 saturated heterocycles. The summed E-state index contributed by atoms with van der Waals surface area (Å²) in [6.07, 6.45) is 4.98. The predicted octanol–water partition coefficient (Wildman–Crippen LogP) is 3.99. The zero-order valence-corrected chi connectivity index (χ0v) is 15.5. The van der Waals surface area contributed by atoms with E-state index in [1.54, 1.807) is 0 Å². The monoisotopic (exact) mass is 367 g/mol. The van der Waals surface area contributed by atoms with Gasteiger partial charge in [0, 0.05) is 34.9 Å². The molecule has 3 aromatic heterocycles. The van der Waals surface area contributed by atoms with E-state index in [2.05, 4.69) is 40.6 Å². The molecule has 0 aliphatic carbocycles. The van der Waals surface area contributed by atoms with Crippen LogP contribution < -0.4 is 0 Å². The van der Waals surface area contributed by atoms with Gasteiger partial charge in [-0.1, -0.05) is 18.1 Å². The second-order valence-electron chi connectivity index (χ2n) is 6.72. The number of nitrogens with one attached hydrogen (secondary N) is 1. The highest BCUT2D eigenvalue weighted by Gasteiger charge is 2.18. The van der Waals surface area contributed by atoms with Crippen LogP contribution in [0.1, 0.15) is 47.9 Å². The molecule has 1 aromatic carbocycles. The van der Waals surface area contributed by atoms with Gasteiger partial charge in [-0.15, -0.1) is 0 Å². The predicted molar refractivity (Wildman–Crippen MR) is 107 cm³/mol. The van der Waals surface area contributed by atoms with Crippen LogP contribution in [0.4, 0.5) is 0 Å². The van der Waals surface area contributed by atoms with Crippen LogP contribution in [0.15, 0.2) is 43.0 Å². The van der Waals surface area contributed by atoms with Gasteiger partial charge < -0.3 is 9.55 Å². The molecule has 0 aliphatic heterocycles. The number of ketones is 1. The van der Waals surface area contributed by atoms with Crippen molar-refractivity contribution in [1.82, 2.24) is 19.5 Å². The molecule has 0 aliphatic rings. The number of H-pyrrole nitrogens is 1. The Bertz CT molecular complexity index is 1310. The molecule has 0 fully saturated rings. The summed E-state index contributed by atoms with van der Waals surface area (Å²) in [5.74, 6) is 6.18. The molecule has 0 saturated carbocycles. The van der Waals surface area contributed by atoms with E-state index in [1.807, 2.05) is 47.3 Å². The summed E-state index contributed by atoms with van der Waals surface area (Å²) >= 11 is 0. The van der Waals surface area contributed by atoms with Crippen LogP contribution >= 0.6 is 0 Å². The molecule has 136 valence electrons.